The predicted molar refractivity (Wildman–Crippen MR) is 78.3 cm³/mol. The van der Waals surface area contributed by atoms with E-state index in [0.29, 0.717) is 11.3 Å². The number of hydrogen-bond acceptors (Lipinski definition) is 6. The van der Waals surface area contributed by atoms with E-state index in [0.717, 1.165) is 6.26 Å². The molecule has 114 valence electrons. The van der Waals surface area contributed by atoms with Crippen molar-refractivity contribution in [2.75, 3.05) is 30.6 Å². The number of methoxy groups -OCH3 is 1. The molecule has 0 spiro atoms. The Hall–Kier alpha value is -1.12. The van der Waals surface area contributed by atoms with Gasteiger partial charge in [-0.15, -0.1) is 0 Å². The van der Waals surface area contributed by atoms with Crippen LogP contribution in [0.4, 0.5) is 0 Å². The Bertz CT molecular complexity index is 652. The molecule has 0 radical (unpaired) electrons. The summed E-state index contributed by atoms with van der Waals surface area (Å²) in [7, 11) is -5.39. The number of ether oxygens (including phenoxy) is 1. The Morgan fingerprint density at radius 1 is 1.15 bits per heavy atom. The van der Waals surface area contributed by atoms with Crippen LogP contribution in [-0.4, -0.2) is 47.5 Å². The number of hydrogen-bond donors (Lipinski definition) is 1. The van der Waals surface area contributed by atoms with Gasteiger partial charge in [-0.3, -0.25) is 0 Å². The first-order valence-electron chi connectivity index (χ1n) is 5.91. The Balaban J connectivity index is 2.81. The third-order valence-corrected chi connectivity index (χ3v) is 5.63. The molecule has 1 unspecified atom stereocenters. The van der Waals surface area contributed by atoms with Crippen LogP contribution in [0, 0.1) is 0 Å². The first-order valence-corrected chi connectivity index (χ1v) is 9.79. The molecule has 0 saturated heterocycles. The van der Waals surface area contributed by atoms with Crippen molar-refractivity contribution in [1.82, 2.24) is 0 Å². The van der Waals surface area contributed by atoms with Crippen LogP contribution in [0.3, 0.4) is 0 Å². The molecule has 0 amide bonds. The third kappa shape index (κ3) is 5.48. The van der Waals surface area contributed by atoms with Crippen molar-refractivity contribution < 1.29 is 21.6 Å². The van der Waals surface area contributed by atoms with E-state index < -0.39 is 37.2 Å². The lowest BCUT2D eigenvalue weighted by Crippen LogP contribution is -2.26. The van der Waals surface area contributed by atoms with E-state index in [2.05, 4.69) is 0 Å². The summed E-state index contributed by atoms with van der Waals surface area (Å²) in [6, 6.07) is 6.12. The van der Waals surface area contributed by atoms with Gasteiger partial charge in [0, 0.05) is 17.9 Å². The first kappa shape index (κ1) is 16.9. The highest BCUT2D eigenvalue weighted by atomic mass is 32.2. The van der Waals surface area contributed by atoms with Gasteiger partial charge in [-0.25, -0.2) is 16.8 Å². The maximum atomic E-state index is 11.9. The summed E-state index contributed by atoms with van der Waals surface area (Å²) in [5, 5.41) is 0. The van der Waals surface area contributed by atoms with E-state index in [4.69, 9.17) is 10.5 Å². The number of para-hydroxylation sites is 1. The van der Waals surface area contributed by atoms with Crippen molar-refractivity contribution in [2.24, 2.45) is 5.73 Å². The Labute approximate surface area is 119 Å². The highest BCUT2D eigenvalue weighted by Crippen LogP contribution is 2.24. The fourth-order valence-corrected chi connectivity index (χ4v) is 4.82. The van der Waals surface area contributed by atoms with Gasteiger partial charge in [-0.1, -0.05) is 18.2 Å². The molecular weight excluding hydrogens is 302 g/mol. The molecule has 0 bridgehead atoms. The molecule has 0 aliphatic carbocycles. The average Bonchev–Trinajstić information content (AvgIpc) is 2.35. The van der Waals surface area contributed by atoms with Gasteiger partial charge in [0.25, 0.3) is 0 Å². The Kier molecular flexibility index (Phi) is 5.55. The minimum Gasteiger partial charge on any atom is -0.496 e. The molecule has 1 aromatic rings. The van der Waals surface area contributed by atoms with Crippen LogP contribution < -0.4 is 10.5 Å². The highest BCUT2D eigenvalue weighted by Gasteiger charge is 2.21. The molecule has 1 atom stereocenters. The van der Waals surface area contributed by atoms with Crippen LogP contribution in [0.2, 0.25) is 0 Å². The molecule has 0 aliphatic heterocycles. The summed E-state index contributed by atoms with van der Waals surface area (Å²) in [6.45, 7) is 0. The highest BCUT2D eigenvalue weighted by molar-refractivity contribution is 7.94. The molecule has 0 heterocycles. The minimum atomic E-state index is -3.55. The van der Waals surface area contributed by atoms with Crippen molar-refractivity contribution in [3.8, 4) is 5.75 Å². The van der Waals surface area contributed by atoms with E-state index in [1.807, 2.05) is 0 Å². The summed E-state index contributed by atoms with van der Waals surface area (Å²) in [6.07, 6.45) is 1.00. The van der Waals surface area contributed by atoms with Crippen LogP contribution in [0.15, 0.2) is 24.3 Å². The maximum Gasteiger partial charge on any atom is 0.153 e. The van der Waals surface area contributed by atoms with Crippen LogP contribution >= 0.6 is 0 Å². The third-order valence-electron chi connectivity index (χ3n) is 2.74. The van der Waals surface area contributed by atoms with Gasteiger partial charge in [-0.2, -0.15) is 0 Å². The van der Waals surface area contributed by atoms with Crippen LogP contribution in [0.25, 0.3) is 0 Å². The fraction of sp³-hybridized carbons (Fsp3) is 0.500. The van der Waals surface area contributed by atoms with Gasteiger partial charge in [-0.05, 0) is 6.07 Å². The first-order chi connectivity index (χ1) is 9.14. The molecular formula is C12H19NO5S2. The monoisotopic (exact) mass is 321 g/mol. The summed E-state index contributed by atoms with van der Waals surface area (Å²) in [5.41, 5.74) is 6.47. The molecule has 0 saturated carbocycles. The summed E-state index contributed by atoms with van der Waals surface area (Å²) in [4.78, 5) is 0. The minimum absolute atomic E-state index is 0.317. The lowest BCUT2D eigenvalue weighted by molar-refractivity contribution is 0.407. The van der Waals surface area contributed by atoms with Crippen LogP contribution in [0.5, 0.6) is 5.75 Å². The lowest BCUT2D eigenvalue weighted by Gasteiger charge is -2.15. The quantitative estimate of drug-likeness (QED) is 0.767. The topological polar surface area (TPSA) is 104 Å². The summed E-state index contributed by atoms with van der Waals surface area (Å²) in [5.74, 6) is -0.621. The Morgan fingerprint density at radius 2 is 1.75 bits per heavy atom. The van der Waals surface area contributed by atoms with E-state index in [1.165, 1.54) is 7.11 Å². The maximum absolute atomic E-state index is 11.9. The molecule has 1 aromatic carbocycles. The van der Waals surface area contributed by atoms with Gasteiger partial charge < -0.3 is 10.5 Å². The van der Waals surface area contributed by atoms with Gasteiger partial charge in [0.1, 0.15) is 15.6 Å². The van der Waals surface area contributed by atoms with Gasteiger partial charge in [0.05, 0.1) is 24.4 Å². The zero-order valence-electron chi connectivity index (χ0n) is 11.4. The molecule has 8 heteroatoms. The Morgan fingerprint density at radius 3 is 2.30 bits per heavy atom. The number of benzene rings is 1. The largest absolute Gasteiger partial charge is 0.496 e. The second-order valence-corrected chi connectivity index (χ2v) is 9.08. The van der Waals surface area contributed by atoms with E-state index in [9.17, 15) is 16.8 Å². The molecule has 6 nitrogen and oxygen atoms in total. The molecule has 0 aliphatic rings. The smallest absolute Gasteiger partial charge is 0.153 e. The van der Waals surface area contributed by atoms with E-state index in [1.54, 1.807) is 24.3 Å². The van der Waals surface area contributed by atoms with E-state index >= 15 is 0 Å². The zero-order valence-corrected chi connectivity index (χ0v) is 13.1. The number of sulfone groups is 2. The normalized spacial score (nSPS) is 13.9. The number of nitrogens with two attached hydrogens (primary N) is 1. The van der Waals surface area contributed by atoms with Crippen molar-refractivity contribution in [2.45, 2.75) is 6.04 Å². The van der Waals surface area contributed by atoms with Crippen molar-refractivity contribution in [1.29, 1.82) is 0 Å². The van der Waals surface area contributed by atoms with Gasteiger partial charge >= 0.3 is 0 Å². The summed E-state index contributed by atoms with van der Waals surface area (Å²) < 4.78 is 50.9. The van der Waals surface area contributed by atoms with Gasteiger partial charge in [0.2, 0.25) is 0 Å². The predicted octanol–water partition coefficient (Wildman–Crippen LogP) is 0.154. The van der Waals surface area contributed by atoms with Crippen molar-refractivity contribution >= 4 is 19.7 Å². The summed E-state index contributed by atoms with van der Waals surface area (Å²) >= 11 is 0. The molecule has 2 N–H and O–H groups in total. The fourth-order valence-electron chi connectivity index (χ4n) is 1.70. The van der Waals surface area contributed by atoms with Crippen molar-refractivity contribution in [3.05, 3.63) is 29.8 Å². The molecule has 1 rings (SSSR count). The molecule has 20 heavy (non-hydrogen) atoms. The number of rotatable bonds is 7. The average molecular weight is 321 g/mol. The van der Waals surface area contributed by atoms with Crippen LogP contribution in [-0.2, 0) is 19.7 Å². The molecule has 0 aromatic heterocycles. The van der Waals surface area contributed by atoms with Gasteiger partial charge in [0.15, 0.2) is 9.84 Å². The van der Waals surface area contributed by atoms with Crippen LogP contribution in [0.1, 0.15) is 11.6 Å². The lowest BCUT2D eigenvalue weighted by atomic mass is 10.1. The van der Waals surface area contributed by atoms with Crippen molar-refractivity contribution in [3.63, 3.8) is 0 Å². The zero-order chi connectivity index (χ0) is 15.4. The SMILES string of the molecule is COc1ccccc1C(N)CS(=O)(=O)CCS(C)(=O)=O. The standard InChI is InChI=1S/C12H19NO5S2/c1-18-12-6-4-3-5-10(12)11(13)9-20(16,17)8-7-19(2,14)15/h3-6,11H,7-9,13H2,1-2H3. The molecule has 0 fully saturated rings. The second-order valence-electron chi connectivity index (χ2n) is 4.59. The second kappa shape index (κ2) is 6.55. The van der Waals surface area contributed by atoms with E-state index in [-0.39, 0.29) is 5.75 Å².